The summed E-state index contributed by atoms with van der Waals surface area (Å²) in [6.07, 6.45) is 0.987. The number of carbonyl (C=O) groups is 1. The number of morpholine rings is 1. The molecule has 1 amide bonds. The Morgan fingerprint density at radius 1 is 1.38 bits per heavy atom. The SMILES string of the molecule is CCC(C)(C)NC(=O)CN1CCOC(c2ccccc2)C1. The van der Waals surface area contributed by atoms with Gasteiger partial charge in [-0.3, -0.25) is 9.69 Å². The topological polar surface area (TPSA) is 41.6 Å². The molecule has 1 unspecified atom stereocenters. The second-order valence-corrected chi connectivity index (χ2v) is 6.29. The summed E-state index contributed by atoms with van der Waals surface area (Å²) >= 11 is 0. The lowest BCUT2D eigenvalue weighted by molar-refractivity contribution is -0.126. The van der Waals surface area contributed by atoms with Crippen LogP contribution in [0.5, 0.6) is 0 Å². The summed E-state index contributed by atoms with van der Waals surface area (Å²) < 4.78 is 5.82. The van der Waals surface area contributed by atoms with Crippen molar-refractivity contribution in [3.05, 3.63) is 35.9 Å². The molecule has 1 aliphatic heterocycles. The summed E-state index contributed by atoms with van der Waals surface area (Å²) in [5.41, 5.74) is 1.04. The highest BCUT2D eigenvalue weighted by molar-refractivity contribution is 5.78. The van der Waals surface area contributed by atoms with Crippen molar-refractivity contribution in [1.82, 2.24) is 10.2 Å². The predicted octanol–water partition coefficient (Wildman–Crippen LogP) is 2.36. The van der Waals surface area contributed by atoms with Crippen LogP contribution < -0.4 is 5.32 Å². The van der Waals surface area contributed by atoms with E-state index in [1.54, 1.807) is 0 Å². The molecule has 1 atom stereocenters. The van der Waals surface area contributed by atoms with Crippen molar-refractivity contribution >= 4 is 5.91 Å². The van der Waals surface area contributed by atoms with Gasteiger partial charge in [-0.2, -0.15) is 0 Å². The molecule has 2 rings (SSSR count). The molecule has 1 fully saturated rings. The molecule has 1 aromatic rings. The van der Waals surface area contributed by atoms with Crippen LogP contribution in [0.4, 0.5) is 0 Å². The highest BCUT2D eigenvalue weighted by atomic mass is 16.5. The number of carbonyl (C=O) groups excluding carboxylic acids is 1. The van der Waals surface area contributed by atoms with Gasteiger partial charge >= 0.3 is 0 Å². The van der Waals surface area contributed by atoms with E-state index in [9.17, 15) is 4.79 Å². The first kappa shape index (κ1) is 16.0. The summed E-state index contributed by atoms with van der Waals surface area (Å²) in [6.45, 7) is 8.88. The van der Waals surface area contributed by atoms with Crippen molar-refractivity contribution in [2.75, 3.05) is 26.2 Å². The normalized spacial score (nSPS) is 20.2. The molecule has 1 N–H and O–H groups in total. The summed E-state index contributed by atoms with van der Waals surface area (Å²) in [4.78, 5) is 14.3. The molecule has 0 spiro atoms. The third-order valence-corrected chi connectivity index (χ3v) is 4.05. The molecular weight excluding hydrogens is 264 g/mol. The Bertz CT molecular complexity index is 459. The van der Waals surface area contributed by atoms with Gasteiger partial charge in [0.1, 0.15) is 0 Å². The summed E-state index contributed by atoms with van der Waals surface area (Å²) in [5.74, 6) is 0.0931. The number of amides is 1. The van der Waals surface area contributed by atoms with E-state index in [-0.39, 0.29) is 17.6 Å². The molecule has 0 saturated carbocycles. The standard InChI is InChI=1S/C17H26N2O2/c1-4-17(2,3)18-16(20)13-19-10-11-21-15(12-19)14-8-6-5-7-9-14/h5-9,15H,4,10-13H2,1-3H3,(H,18,20). The molecular formula is C17H26N2O2. The fraction of sp³-hybridized carbons (Fsp3) is 0.588. The maximum atomic E-state index is 12.1. The second-order valence-electron chi connectivity index (χ2n) is 6.29. The monoisotopic (exact) mass is 290 g/mol. The van der Waals surface area contributed by atoms with Crippen LogP contribution in [0.25, 0.3) is 0 Å². The van der Waals surface area contributed by atoms with Gasteiger partial charge in [0.05, 0.1) is 19.3 Å². The van der Waals surface area contributed by atoms with Crippen LogP contribution in [0, 0.1) is 0 Å². The number of nitrogens with zero attached hydrogens (tertiary/aromatic N) is 1. The zero-order valence-electron chi connectivity index (χ0n) is 13.3. The van der Waals surface area contributed by atoms with Gasteiger partial charge in [0.15, 0.2) is 0 Å². The molecule has 0 radical (unpaired) electrons. The number of rotatable bonds is 5. The highest BCUT2D eigenvalue weighted by Crippen LogP contribution is 2.21. The molecule has 116 valence electrons. The fourth-order valence-corrected chi connectivity index (χ4v) is 2.42. The molecule has 1 aromatic carbocycles. The Balaban J connectivity index is 1.88. The van der Waals surface area contributed by atoms with Crippen molar-refractivity contribution in [3.63, 3.8) is 0 Å². The number of hydrogen-bond acceptors (Lipinski definition) is 3. The van der Waals surface area contributed by atoms with Crippen molar-refractivity contribution in [1.29, 1.82) is 0 Å². The average Bonchev–Trinajstić information content (AvgIpc) is 2.48. The average molecular weight is 290 g/mol. The minimum atomic E-state index is -0.137. The van der Waals surface area contributed by atoms with Crippen LogP contribution >= 0.6 is 0 Å². The van der Waals surface area contributed by atoms with Gasteiger partial charge < -0.3 is 10.1 Å². The molecule has 4 heteroatoms. The zero-order chi connectivity index (χ0) is 15.3. The molecule has 1 heterocycles. The van der Waals surface area contributed by atoms with Gasteiger partial charge in [0.25, 0.3) is 0 Å². The Hall–Kier alpha value is -1.39. The Morgan fingerprint density at radius 3 is 2.76 bits per heavy atom. The first-order valence-electron chi connectivity index (χ1n) is 7.70. The molecule has 1 saturated heterocycles. The lowest BCUT2D eigenvalue weighted by atomic mass is 10.0. The van der Waals surface area contributed by atoms with E-state index in [2.05, 4.69) is 43.1 Å². The Labute approximate surface area is 127 Å². The van der Waals surface area contributed by atoms with Gasteiger partial charge in [-0.25, -0.2) is 0 Å². The van der Waals surface area contributed by atoms with E-state index in [1.807, 2.05) is 18.2 Å². The molecule has 0 bridgehead atoms. The minimum absolute atomic E-state index is 0.0620. The molecule has 0 aliphatic carbocycles. The van der Waals surface area contributed by atoms with Crippen molar-refractivity contribution < 1.29 is 9.53 Å². The first-order valence-corrected chi connectivity index (χ1v) is 7.70. The Morgan fingerprint density at radius 2 is 2.10 bits per heavy atom. The molecule has 1 aliphatic rings. The van der Waals surface area contributed by atoms with E-state index >= 15 is 0 Å². The van der Waals surface area contributed by atoms with E-state index in [0.29, 0.717) is 13.2 Å². The maximum absolute atomic E-state index is 12.1. The van der Waals surface area contributed by atoms with E-state index in [0.717, 1.165) is 19.5 Å². The summed E-state index contributed by atoms with van der Waals surface area (Å²) in [7, 11) is 0. The smallest absolute Gasteiger partial charge is 0.234 e. The second kappa shape index (κ2) is 7.05. The quantitative estimate of drug-likeness (QED) is 0.905. The number of benzene rings is 1. The largest absolute Gasteiger partial charge is 0.371 e. The van der Waals surface area contributed by atoms with E-state index < -0.39 is 0 Å². The van der Waals surface area contributed by atoms with Gasteiger partial charge in [-0.15, -0.1) is 0 Å². The van der Waals surface area contributed by atoms with Crippen molar-refractivity contribution in [2.24, 2.45) is 0 Å². The highest BCUT2D eigenvalue weighted by Gasteiger charge is 2.25. The lowest BCUT2D eigenvalue weighted by Gasteiger charge is -2.33. The van der Waals surface area contributed by atoms with Crippen LogP contribution in [0.15, 0.2) is 30.3 Å². The minimum Gasteiger partial charge on any atom is -0.371 e. The van der Waals surface area contributed by atoms with Crippen molar-refractivity contribution in [2.45, 2.75) is 38.8 Å². The lowest BCUT2D eigenvalue weighted by Crippen LogP contribution is -2.49. The van der Waals surface area contributed by atoms with Crippen LogP contribution in [0.2, 0.25) is 0 Å². The first-order chi connectivity index (χ1) is 10.00. The number of ether oxygens (including phenoxy) is 1. The van der Waals surface area contributed by atoms with E-state index in [4.69, 9.17) is 4.74 Å². The van der Waals surface area contributed by atoms with E-state index in [1.165, 1.54) is 5.56 Å². The molecule has 0 aromatic heterocycles. The summed E-state index contributed by atoms with van der Waals surface area (Å²) in [6, 6.07) is 10.2. The fourth-order valence-electron chi connectivity index (χ4n) is 2.42. The number of nitrogens with one attached hydrogen (secondary N) is 1. The Kier molecular flexibility index (Phi) is 5.37. The maximum Gasteiger partial charge on any atom is 0.234 e. The third-order valence-electron chi connectivity index (χ3n) is 4.05. The summed E-state index contributed by atoms with van der Waals surface area (Å²) in [5, 5.41) is 3.09. The van der Waals surface area contributed by atoms with Gasteiger partial charge in [0.2, 0.25) is 5.91 Å². The van der Waals surface area contributed by atoms with Crippen molar-refractivity contribution in [3.8, 4) is 0 Å². The number of hydrogen-bond donors (Lipinski definition) is 1. The third kappa shape index (κ3) is 4.83. The van der Waals surface area contributed by atoms with Crippen LogP contribution in [0.3, 0.4) is 0 Å². The van der Waals surface area contributed by atoms with Gasteiger partial charge in [0, 0.05) is 18.6 Å². The zero-order valence-corrected chi connectivity index (χ0v) is 13.3. The predicted molar refractivity (Wildman–Crippen MR) is 84.1 cm³/mol. The van der Waals surface area contributed by atoms with Gasteiger partial charge in [-0.05, 0) is 25.8 Å². The van der Waals surface area contributed by atoms with Crippen LogP contribution in [-0.2, 0) is 9.53 Å². The molecule has 21 heavy (non-hydrogen) atoms. The molecule has 4 nitrogen and oxygen atoms in total. The van der Waals surface area contributed by atoms with Gasteiger partial charge in [-0.1, -0.05) is 37.3 Å². The van der Waals surface area contributed by atoms with Crippen LogP contribution in [-0.4, -0.2) is 42.6 Å². The van der Waals surface area contributed by atoms with Crippen LogP contribution in [0.1, 0.15) is 38.9 Å².